The van der Waals surface area contributed by atoms with E-state index in [-0.39, 0.29) is 12.4 Å². The van der Waals surface area contributed by atoms with Crippen LogP contribution < -0.4 is 10.1 Å². The molecule has 1 aliphatic rings. The molecule has 1 aromatic rings. The number of ether oxygens (including phenoxy) is 1. The SMILES string of the molecule is COc1ccc(C2NCCCS2)cc1.Cl. The van der Waals surface area contributed by atoms with Gasteiger partial charge in [0.1, 0.15) is 5.75 Å². The average Bonchev–Trinajstić information content (AvgIpc) is 2.30. The van der Waals surface area contributed by atoms with Crippen molar-refractivity contribution in [1.29, 1.82) is 0 Å². The highest BCUT2D eigenvalue weighted by atomic mass is 35.5. The van der Waals surface area contributed by atoms with E-state index in [1.165, 1.54) is 17.7 Å². The van der Waals surface area contributed by atoms with Crippen molar-refractivity contribution in [2.75, 3.05) is 19.4 Å². The lowest BCUT2D eigenvalue weighted by Gasteiger charge is -2.23. The van der Waals surface area contributed by atoms with Gasteiger partial charge in [-0.1, -0.05) is 12.1 Å². The van der Waals surface area contributed by atoms with E-state index in [0.29, 0.717) is 5.37 Å². The Morgan fingerprint density at radius 2 is 2.07 bits per heavy atom. The lowest BCUT2D eigenvalue weighted by atomic mass is 10.2. The summed E-state index contributed by atoms with van der Waals surface area (Å²) in [4.78, 5) is 0. The van der Waals surface area contributed by atoms with Crippen molar-refractivity contribution in [1.82, 2.24) is 5.32 Å². The summed E-state index contributed by atoms with van der Waals surface area (Å²) >= 11 is 1.98. The molecule has 84 valence electrons. The number of nitrogens with one attached hydrogen (secondary N) is 1. The molecule has 0 aromatic heterocycles. The second-order valence-electron chi connectivity index (χ2n) is 3.33. The Bertz CT molecular complexity index is 285. The fourth-order valence-electron chi connectivity index (χ4n) is 1.56. The highest BCUT2D eigenvalue weighted by molar-refractivity contribution is 7.99. The molecule has 1 saturated heterocycles. The number of thioether (sulfide) groups is 1. The average molecular weight is 246 g/mol. The Kier molecular flexibility index (Phi) is 5.29. The maximum Gasteiger partial charge on any atom is 0.118 e. The molecule has 0 bridgehead atoms. The summed E-state index contributed by atoms with van der Waals surface area (Å²) < 4.78 is 5.13. The van der Waals surface area contributed by atoms with Gasteiger partial charge >= 0.3 is 0 Å². The molecule has 2 rings (SSSR count). The van der Waals surface area contributed by atoms with Gasteiger partial charge in [0, 0.05) is 0 Å². The minimum absolute atomic E-state index is 0. The molecule has 4 heteroatoms. The molecule has 2 nitrogen and oxygen atoms in total. The first-order valence-corrected chi connectivity index (χ1v) is 5.94. The molecule has 0 amide bonds. The summed E-state index contributed by atoms with van der Waals surface area (Å²) in [6.45, 7) is 1.13. The molecule has 1 heterocycles. The van der Waals surface area contributed by atoms with E-state index in [0.717, 1.165) is 12.3 Å². The fourth-order valence-corrected chi connectivity index (χ4v) is 2.69. The Morgan fingerprint density at radius 3 is 2.60 bits per heavy atom. The van der Waals surface area contributed by atoms with E-state index in [9.17, 15) is 0 Å². The zero-order valence-corrected chi connectivity index (χ0v) is 10.4. The van der Waals surface area contributed by atoms with Crippen molar-refractivity contribution in [3.05, 3.63) is 29.8 Å². The van der Waals surface area contributed by atoms with Crippen LogP contribution in [0.15, 0.2) is 24.3 Å². The highest BCUT2D eigenvalue weighted by Gasteiger charge is 2.14. The summed E-state index contributed by atoms with van der Waals surface area (Å²) in [5.41, 5.74) is 1.34. The zero-order chi connectivity index (χ0) is 9.80. The van der Waals surface area contributed by atoms with Gasteiger partial charge in [0.15, 0.2) is 0 Å². The van der Waals surface area contributed by atoms with Crippen LogP contribution in [-0.4, -0.2) is 19.4 Å². The molecule has 1 aliphatic heterocycles. The van der Waals surface area contributed by atoms with Crippen LogP contribution in [0.3, 0.4) is 0 Å². The molecule has 0 aliphatic carbocycles. The first-order chi connectivity index (χ1) is 6.90. The van der Waals surface area contributed by atoms with Gasteiger partial charge in [-0.05, 0) is 36.4 Å². The Morgan fingerprint density at radius 1 is 1.33 bits per heavy atom. The number of rotatable bonds is 2. The van der Waals surface area contributed by atoms with Gasteiger partial charge in [0.05, 0.1) is 12.5 Å². The second kappa shape index (κ2) is 6.26. The number of methoxy groups -OCH3 is 1. The predicted molar refractivity (Wildman–Crippen MR) is 68.1 cm³/mol. The van der Waals surface area contributed by atoms with Crippen LogP contribution in [0.4, 0.5) is 0 Å². The summed E-state index contributed by atoms with van der Waals surface area (Å²) in [5.74, 6) is 2.18. The molecule has 0 saturated carbocycles. The van der Waals surface area contributed by atoms with Gasteiger partial charge in [-0.3, -0.25) is 0 Å². The maximum absolute atomic E-state index is 5.13. The highest BCUT2D eigenvalue weighted by Crippen LogP contribution is 2.30. The predicted octanol–water partition coefficient (Wildman–Crippen LogP) is 2.84. The first-order valence-electron chi connectivity index (χ1n) is 4.89. The molecule has 1 unspecified atom stereocenters. The Balaban J connectivity index is 0.00000112. The van der Waals surface area contributed by atoms with Crippen LogP contribution in [0.2, 0.25) is 0 Å². The third-order valence-electron chi connectivity index (χ3n) is 2.35. The molecule has 1 aromatic carbocycles. The van der Waals surface area contributed by atoms with Gasteiger partial charge in [-0.15, -0.1) is 24.2 Å². The van der Waals surface area contributed by atoms with Gasteiger partial charge in [-0.2, -0.15) is 0 Å². The molecule has 0 spiro atoms. The molecule has 15 heavy (non-hydrogen) atoms. The Labute approximate surface area is 101 Å². The first kappa shape index (κ1) is 12.7. The van der Waals surface area contributed by atoms with Gasteiger partial charge in [0.2, 0.25) is 0 Å². The van der Waals surface area contributed by atoms with Crippen molar-refractivity contribution < 1.29 is 4.74 Å². The van der Waals surface area contributed by atoms with E-state index in [1.807, 2.05) is 23.9 Å². The topological polar surface area (TPSA) is 21.3 Å². The third kappa shape index (κ3) is 3.30. The van der Waals surface area contributed by atoms with E-state index < -0.39 is 0 Å². The van der Waals surface area contributed by atoms with Crippen LogP contribution in [0, 0.1) is 0 Å². The summed E-state index contributed by atoms with van der Waals surface area (Å²) in [6.07, 6.45) is 1.28. The van der Waals surface area contributed by atoms with Crippen LogP contribution in [0.5, 0.6) is 5.75 Å². The van der Waals surface area contributed by atoms with Crippen molar-refractivity contribution in [2.45, 2.75) is 11.8 Å². The van der Waals surface area contributed by atoms with E-state index >= 15 is 0 Å². The largest absolute Gasteiger partial charge is 0.497 e. The van der Waals surface area contributed by atoms with Crippen molar-refractivity contribution in [3.8, 4) is 5.75 Å². The zero-order valence-electron chi connectivity index (χ0n) is 8.73. The smallest absolute Gasteiger partial charge is 0.118 e. The lowest BCUT2D eigenvalue weighted by molar-refractivity contribution is 0.414. The van der Waals surface area contributed by atoms with E-state index in [4.69, 9.17) is 4.74 Å². The summed E-state index contributed by atoms with van der Waals surface area (Å²) in [5, 5.41) is 3.96. The molecule has 1 atom stereocenters. The molecule has 1 N–H and O–H groups in total. The maximum atomic E-state index is 5.13. The Hall–Kier alpha value is -0.380. The molecular formula is C11H16ClNOS. The molecular weight excluding hydrogens is 230 g/mol. The number of benzene rings is 1. The standard InChI is InChI=1S/C11H15NOS.ClH/c1-13-10-5-3-9(4-6-10)11-12-7-2-8-14-11;/h3-6,11-12H,2,7-8H2,1H3;1H. The van der Waals surface area contributed by atoms with Crippen LogP contribution >= 0.6 is 24.2 Å². The summed E-state index contributed by atoms with van der Waals surface area (Å²) in [6, 6.07) is 8.31. The molecule has 0 radical (unpaired) electrons. The van der Waals surface area contributed by atoms with Gasteiger partial charge in [-0.25, -0.2) is 0 Å². The van der Waals surface area contributed by atoms with Crippen molar-refractivity contribution in [2.24, 2.45) is 0 Å². The lowest BCUT2D eigenvalue weighted by Crippen LogP contribution is -2.25. The second-order valence-corrected chi connectivity index (χ2v) is 4.54. The van der Waals surface area contributed by atoms with Crippen molar-refractivity contribution in [3.63, 3.8) is 0 Å². The minimum Gasteiger partial charge on any atom is -0.497 e. The summed E-state index contributed by atoms with van der Waals surface area (Å²) in [7, 11) is 1.70. The van der Waals surface area contributed by atoms with Gasteiger partial charge in [0.25, 0.3) is 0 Å². The number of halogens is 1. The quantitative estimate of drug-likeness (QED) is 0.866. The monoisotopic (exact) mass is 245 g/mol. The molecule has 1 fully saturated rings. The van der Waals surface area contributed by atoms with E-state index in [2.05, 4.69) is 17.4 Å². The van der Waals surface area contributed by atoms with Crippen molar-refractivity contribution >= 4 is 24.2 Å². The van der Waals surface area contributed by atoms with E-state index in [1.54, 1.807) is 7.11 Å². The van der Waals surface area contributed by atoms with Crippen LogP contribution in [-0.2, 0) is 0 Å². The fraction of sp³-hybridized carbons (Fsp3) is 0.455. The van der Waals surface area contributed by atoms with Crippen LogP contribution in [0.25, 0.3) is 0 Å². The van der Waals surface area contributed by atoms with Crippen LogP contribution in [0.1, 0.15) is 17.4 Å². The minimum atomic E-state index is 0. The third-order valence-corrected chi connectivity index (χ3v) is 3.65. The number of hydrogen-bond donors (Lipinski definition) is 1. The normalized spacial score (nSPS) is 20.5. The number of hydrogen-bond acceptors (Lipinski definition) is 3. The van der Waals surface area contributed by atoms with Gasteiger partial charge < -0.3 is 10.1 Å².